The molecule has 6 nitrogen and oxygen atoms in total. The van der Waals surface area contributed by atoms with Gasteiger partial charge in [-0.05, 0) is 36.1 Å². The molecule has 0 saturated heterocycles. The van der Waals surface area contributed by atoms with Crippen LogP contribution in [0.4, 0.5) is 9.18 Å². The Morgan fingerprint density at radius 2 is 1.89 bits per heavy atom. The summed E-state index contributed by atoms with van der Waals surface area (Å²) in [5.41, 5.74) is 1.57. The molecule has 0 aliphatic carbocycles. The highest BCUT2D eigenvalue weighted by Crippen LogP contribution is 2.15. The molecule has 0 aliphatic heterocycles. The van der Waals surface area contributed by atoms with Gasteiger partial charge in [-0.15, -0.1) is 0 Å². The van der Waals surface area contributed by atoms with Crippen LogP contribution in [-0.2, 0) is 17.8 Å². The third kappa shape index (κ3) is 7.35. The molecule has 1 unspecified atom stereocenters. The number of hydrogen-bond donors (Lipinski definition) is 3. The Morgan fingerprint density at radius 1 is 1.15 bits per heavy atom. The van der Waals surface area contributed by atoms with E-state index in [-0.39, 0.29) is 19.0 Å². The van der Waals surface area contributed by atoms with Crippen LogP contribution in [-0.4, -0.2) is 30.3 Å². The molecule has 0 spiro atoms. The summed E-state index contributed by atoms with van der Waals surface area (Å²) in [7, 11) is 1.44. The zero-order valence-corrected chi connectivity index (χ0v) is 15.1. The van der Waals surface area contributed by atoms with Gasteiger partial charge in [0.2, 0.25) is 0 Å². The van der Waals surface area contributed by atoms with Gasteiger partial charge in [-0.3, -0.25) is 4.79 Å². The predicted octanol–water partition coefficient (Wildman–Crippen LogP) is 3.11. The van der Waals surface area contributed by atoms with Crippen LogP contribution in [0.15, 0.2) is 48.5 Å². The van der Waals surface area contributed by atoms with Gasteiger partial charge in [-0.2, -0.15) is 0 Å². The summed E-state index contributed by atoms with van der Waals surface area (Å²) in [6.45, 7) is 0.122. The summed E-state index contributed by atoms with van der Waals surface area (Å²) in [4.78, 5) is 23.1. The Morgan fingerprint density at radius 3 is 2.56 bits per heavy atom. The van der Waals surface area contributed by atoms with Gasteiger partial charge in [0.25, 0.3) is 0 Å². The summed E-state index contributed by atoms with van der Waals surface area (Å²) in [5, 5.41) is 14.4. The lowest BCUT2D eigenvalue weighted by Gasteiger charge is -2.19. The molecule has 3 N–H and O–H groups in total. The van der Waals surface area contributed by atoms with E-state index in [0.717, 1.165) is 5.56 Å². The van der Waals surface area contributed by atoms with Crippen LogP contribution in [0.25, 0.3) is 0 Å². The summed E-state index contributed by atoms with van der Waals surface area (Å²) in [6.07, 6.45) is 0.791. The summed E-state index contributed by atoms with van der Waals surface area (Å²) in [5.74, 6) is -0.993. The second-order valence-electron chi connectivity index (χ2n) is 6.15. The van der Waals surface area contributed by atoms with Crippen LogP contribution in [0.3, 0.4) is 0 Å². The number of halogens is 1. The molecule has 2 aromatic carbocycles. The average Bonchev–Trinajstić information content (AvgIpc) is 2.65. The van der Waals surface area contributed by atoms with Crippen molar-refractivity contribution in [3.63, 3.8) is 0 Å². The third-order valence-electron chi connectivity index (χ3n) is 3.99. The third-order valence-corrected chi connectivity index (χ3v) is 3.99. The van der Waals surface area contributed by atoms with E-state index in [1.54, 1.807) is 6.07 Å². The van der Waals surface area contributed by atoms with Gasteiger partial charge in [0.05, 0.1) is 7.11 Å². The van der Waals surface area contributed by atoms with Crippen LogP contribution in [0.1, 0.15) is 24.0 Å². The first-order valence-electron chi connectivity index (χ1n) is 8.60. The first kappa shape index (κ1) is 20.2. The molecule has 7 heteroatoms. The molecule has 0 aromatic heterocycles. The number of nitrogens with one attached hydrogen (secondary N) is 2. The van der Waals surface area contributed by atoms with E-state index in [2.05, 4.69) is 10.6 Å². The number of aliphatic carboxylic acids is 1. The van der Waals surface area contributed by atoms with Crippen molar-refractivity contribution in [2.75, 3.05) is 7.11 Å². The van der Waals surface area contributed by atoms with Crippen LogP contribution in [0, 0.1) is 5.82 Å². The number of rotatable bonds is 9. The van der Waals surface area contributed by atoms with Crippen LogP contribution in [0.5, 0.6) is 5.75 Å². The van der Waals surface area contributed by atoms with E-state index < -0.39 is 17.8 Å². The molecule has 1 atom stereocenters. The summed E-state index contributed by atoms with van der Waals surface area (Å²) in [6, 6.07) is 13.0. The number of carboxylic acids is 1. The Bertz CT molecular complexity index is 768. The molecular formula is C20H23FN2O4. The largest absolute Gasteiger partial charge is 0.497 e. The fourth-order valence-corrected chi connectivity index (χ4v) is 2.68. The van der Waals surface area contributed by atoms with Crippen molar-refractivity contribution in [1.82, 2.24) is 10.6 Å². The van der Waals surface area contributed by atoms with Gasteiger partial charge in [-0.25, -0.2) is 9.18 Å². The van der Waals surface area contributed by atoms with E-state index in [0.29, 0.717) is 24.2 Å². The van der Waals surface area contributed by atoms with Crippen molar-refractivity contribution in [3.8, 4) is 5.75 Å². The lowest BCUT2D eigenvalue weighted by molar-refractivity contribution is -0.137. The predicted molar refractivity (Wildman–Crippen MR) is 99.1 cm³/mol. The number of ether oxygens (including phenoxy) is 1. The smallest absolute Gasteiger partial charge is 0.315 e. The standard InChI is InChI=1S/C20H23FN2O4/c1-27-18-11-15(9-16(21)12-18)13-22-20(26)23-17(7-8-19(24)25)10-14-5-3-2-4-6-14/h2-6,9,11-12,17H,7-8,10,13H2,1H3,(H,24,25)(H2,22,23,26). The van der Waals surface area contributed by atoms with Crippen molar-refractivity contribution >= 4 is 12.0 Å². The van der Waals surface area contributed by atoms with Gasteiger partial charge in [0.15, 0.2) is 0 Å². The fraction of sp³-hybridized carbons (Fsp3) is 0.300. The number of carbonyl (C=O) groups excluding carboxylic acids is 1. The van der Waals surface area contributed by atoms with E-state index in [1.807, 2.05) is 30.3 Å². The number of urea groups is 1. The van der Waals surface area contributed by atoms with E-state index in [1.165, 1.54) is 19.2 Å². The SMILES string of the molecule is COc1cc(F)cc(CNC(=O)NC(CCC(=O)O)Cc2ccccc2)c1. The molecular weight excluding hydrogens is 351 g/mol. The Balaban J connectivity index is 1.93. The first-order valence-corrected chi connectivity index (χ1v) is 8.60. The Hall–Kier alpha value is -3.09. The molecule has 2 amide bonds. The minimum atomic E-state index is -0.915. The monoisotopic (exact) mass is 374 g/mol. The van der Waals surface area contributed by atoms with Crippen LogP contribution >= 0.6 is 0 Å². The lowest BCUT2D eigenvalue weighted by atomic mass is 10.0. The van der Waals surface area contributed by atoms with Crippen molar-refractivity contribution < 1.29 is 23.8 Å². The van der Waals surface area contributed by atoms with E-state index >= 15 is 0 Å². The van der Waals surface area contributed by atoms with E-state index in [9.17, 15) is 14.0 Å². The summed E-state index contributed by atoms with van der Waals surface area (Å²) < 4.78 is 18.5. The highest BCUT2D eigenvalue weighted by Gasteiger charge is 2.15. The lowest BCUT2D eigenvalue weighted by Crippen LogP contribution is -2.43. The number of benzene rings is 2. The number of amides is 2. The maximum absolute atomic E-state index is 13.5. The quantitative estimate of drug-likeness (QED) is 0.629. The zero-order chi connectivity index (χ0) is 19.6. The fourth-order valence-electron chi connectivity index (χ4n) is 2.68. The van der Waals surface area contributed by atoms with Crippen LogP contribution in [0.2, 0.25) is 0 Å². The highest BCUT2D eigenvalue weighted by molar-refractivity contribution is 5.74. The first-order chi connectivity index (χ1) is 13.0. The Labute approximate surface area is 157 Å². The molecule has 27 heavy (non-hydrogen) atoms. The molecule has 0 saturated carbocycles. The van der Waals surface area contributed by atoms with Crippen molar-refractivity contribution in [3.05, 3.63) is 65.5 Å². The average molecular weight is 374 g/mol. The molecule has 0 radical (unpaired) electrons. The topological polar surface area (TPSA) is 87.7 Å². The van der Waals surface area contributed by atoms with Gasteiger partial charge in [-0.1, -0.05) is 30.3 Å². The second kappa shape index (κ2) is 10.2. The molecule has 144 valence electrons. The van der Waals surface area contributed by atoms with Gasteiger partial charge in [0, 0.05) is 25.1 Å². The molecule has 0 aliphatic rings. The molecule has 2 rings (SSSR count). The van der Waals surface area contributed by atoms with Crippen LogP contribution < -0.4 is 15.4 Å². The second-order valence-corrected chi connectivity index (χ2v) is 6.15. The number of methoxy groups -OCH3 is 1. The number of carbonyl (C=O) groups is 2. The maximum atomic E-state index is 13.5. The number of carboxylic acid groups (broad SMARTS) is 1. The minimum absolute atomic E-state index is 0.0428. The molecule has 0 fully saturated rings. The van der Waals surface area contributed by atoms with Gasteiger partial charge < -0.3 is 20.5 Å². The van der Waals surface area contributed by atoms with Crippen molar-refractivity contribution in [1.29, 1.82) is 0 Å². The van der Waals surface area contributed by atoms with E-state index in [4.69, 9.17) is 9.84 Å². The summed E-state index contributed by atoms with van der Waals surface area (Å²) >= 11 is 0. The molecule has 0 bridgehead atoms. The van der Waals surface area contributed by atoms with Gasteiger partial charge in [0.1, 0.15) is 11.6 Å². The number of hydrogen-bond acceptors (Lipinski definition) is 3. The minimum Gasteiger partial charge on any atom is -0.497 e. The van der Waals surface area contributed by atoms with Crippen molar-refractivity contribution in [2.24, 2.45) is 0 Å². The highest BCUT2D eigenvalue weighted by atomic mass is 19.1. The maximum Gasteiger partial charge on any atom is 0.315 e. The normalized spacial score (nSPS) is 11.5. The van der Waals surface area contributed by atoms with Crippen molar-refractivity contribution in [2.45, 2.75) is 31.8 Å². The zero-order valence-electron chi connectivity index (χ0n) is 15.1. The molecule has 2 aromatic rings. The van der Waals surface area contributed by atoms with Gasteiger partial charge >= 0.3 is 12.0 Å². The molecule has 0 heterocycles. The Kier molecular flexibility index (Phi) is 7.61.